The number of fused-ring (bicyclic) bond motifs is 9. The van der Waals surface area contributed by atoms with Crippen LogP contribution < -0.4 is 9.64 Å². The number of rotatable bonds is 1. The summed E-state index contributed by atoms with van der Waals surface area (Å²) < 4.78 is 7.60. The van der Waals surface area contributed by atoms with Crippen LogP contribution >= 0.6 is 0 Å². The topological polar surface area (TPSA) is 37.7 Å². The van der Waals surface area contributed by atoms with E-state index in [2.05, 4.69) is 102 Å². The summed E-state index contributed by atoms with van der Waals surface area (Å²) in [4.78, 5) is 12.3. The van der Waals surface area contributed by atoms with Crippen LogP contribution in [0, 0.1) is 11.8 Å². The van der Waals surface area contributed by atoms with Crippen molar-refractivity contribution in [2.24, 2.45) is 16.8 Å². The monoisotopic (exact) mass is 549 g/mol. The van der Waals surface area contributed by atoms with E-state index in [0.717, 1.165) is 45.5 Å². The molecule has 0 bridgehead atoms. The van der Waals surface area contributed by atoms with Crippen molar-refractivity contribution in [3.63, 3.8) is 0 Å². The van der Waals surface area contributed by atoms with E-state index in [1.165, 1.54) is 60.9 Å². The number of ether oxygens (including phenoxy) is 1. The quantitative estimate of drug-likeness (QED) is 0.196. The fourth-order valence-electron chi connectivity index (χ4n) is 9.24. The van der Waals surface area contributed by atoms with E-state index in [9.17, 15) is 0 Å². The van der Waals surface area contributed by atoms with Gasteiger partial charge in [0.2, 0.25) is 5.72 Å². The minimum atomic E-state index is -0.687. The molecule has 42 heavy (non-hydrogen) atoms. The van der Waals surface area contributed by atoms with Crippen LogP contribution in [0.2, 0.25) is 0 Å². The molecule has 4 atom stereocenters. The lowest BCUT2D eigenvalue weighted by Crippen LogP contribution is -2.65. The third-order valence-corrected chi connectivity index (χ3v) is 11.1. The van der Waals surface area contributed by atoms with Gasteiger partial charge in [0, 0.05) is 29.7 Å². The van der Waals surface area contributed by atoms with Crippen molar-refractivity contribution < 1.29 is 4.74 Å². The molecule has 2 spiro atoms. The normalized spacial score (nSPS) is 27.7. The average molecular weight is 550 g/mol. The van der Waals surface area contributed by atoms with Crippen LogP contribution in [-0.2, 0) is 5.41 Å². The van der Waals surface area contributed by atoms with Gasteiger partial charge in [-0.2, -0.15) is 0 Å². The second-order valence-electron chi connectivity index (χ2n) is 12.9. The lowest BCUT2D eigenvalue weighted by atomic mass is 9.60. The Morgan fingerprint density at radius 2 is 1.71 bits per heavy atom. The van der Waals surface area contributed by atoms with E-state index in [1.54, 1.807) is 0 Å². The molecule has 2 saturated carbocycles. The Morgan fingerprint density at radius 1 is 0.810 bits per heavy atom. The highest BCUT2D eigenvalue weighted by molar-refractivity contribution is 6.03. The molecule has 2 aliphatic carbocycles. The van der Waals surface area contributed by atoms with E-state index >= 15 is 0 Å². The molecule has 4 nitrogen and oxygen atoms in total. The molecular weight excluding hydrogens is 514 g/mol. The van der Waals surface area contributed by atoms with Crippen LogP contribution in [-0.4, -0.2) is 24.0 Å². The number of aliphatic imine (C=N–C) groups is 1. The summed E-state index contributed by atoms with van der Waals surface area (Å²) in [7, 11) is 2.24. The van der Waals surface area contributed by atoms with Gasteiger partial charge in [-0.15, -0.1) is 0 Å². The lowest BCUT2D eigenvalue weighted by molar-refractivity contribution is 0.0140. The van der Waals surface area contributed by atoms with Crippen molar-refractivity contribution in [1.82, 2.24) is 4.98 Å². The van der Waals surface area contributed by atoms with Crippen molar-refractivity contribution in [3.05, 3.63) is 96.7 Å². The number of likely N-dealkylation sites (N-methyl/N-ethyl adjacent to an activating group) is 1. The van der Waals surface area contributed by atoms with Gasteiger partial charge in [-0.3, -0.25) is 9.98 Å². The van der Waals surface area contributed by atoms with Gasteiger partial charge in [-0.05, 0) is 83.2 Å². The third-order valence-electron chi connectivity index (χ3n) is 11.1. The fourth-order valence-corrected chi connectivity index (χ4v) is 9.24. The predicted molar refractivity (Wildman–Crippen MR) is 172 cm³/mol. The first-order valence-electron chi connectivity index (χ1n) is 15.7. The van der Waals surface area contributed by atoms with E-state index in [4.69, 9.17) is 9.73 Å². The maximum Gasteiger partial charge on any atom is 0.229 e. The smallest absolute Gasteiger partial charge is 0.229 e. The Labute approximate surface area is 247 Å². The Bertz CT molecular complexity index is 1900. The van der Waals surface area contributed by atoms with Crippen molar-refractivity contribution >= 4 is 39.3 Å². The minimum Gasteiger partial charge on any atom is -0.459 e. The van der Waals surface area contributed by atoms with Crippen LogP contribution in [0.5, 0.6) is 5.75 Å². The molecule has 1 aromatic heterocycles. The number of nitrogens with zero attached hydrogens (tertiary/aromatic N) is 3. The van der Waals surface area contributed by atoms with Gasteiger partial charge >= 0.3 is 0 Å². The second kappa shape index (κ2) is 8.91. The zero-order valence-corrected chi connectivity index (χ0v) is 24.1. The highest BCUT2D eigenvalue weighted by Crippen LogP contribution is 2.65. The Kier molecular flexibility index (Phi) is 5.18. The highest BCUT2D eigenvalue weighted by atomic mass is 16.5. The van der Waals surface area contributed by atoms with E-state index in [-0.39, 0.29) is 5.41 Å². The Morgan fingerprint density at radius 3 is 2.64 bits per heavy atom. The number of benzene rings is 4. The van der Waals surface area contributed by atoms with Gasteiger partial charge in [-0.25, -0.2) is 0 Å². The standard InChI is InChI=1S/C38H35N3O/c1-41-35-18-16-27(25-9-3-2-4-10-25)22-32(35)37(19-6-5-11-26-12-7-14-31(26)37)38(41)24-40-33-17-15-28-23-34-29(13-8-20-39-34)21-30(28)36(33)42-38/h2-4,8-10,13,15-18,20-24,26,31H,5-7,11-12,14,19H2,1H3. The summed E-state index contributed by atoms with van der Waals surface area (Å²) in [5.41, 5.74) is 6.35. The molecule has 0 N–H and O–H groups in total. The van der Waals surface area contributed by atoms with Crippen molar-refractivity contribution in [1.29, 1.82) is 0 Å². The summed E-state index contributed by atoms with van der Waals surface area (Å²) in [6.45, 7) is 0. The predicted octanol–water partition coefficient (Wildman–Crippen LogP) is 9.22. The van der Waals surface area contributed by atoms with Gasteiger partial charge < -0.3 is 9.64 Å². The molecule has 208 valence electrons. The number of anilines is 1. The summed E-state index contributed by atoms with van der Waals surface area (Å²) in [6, 6.07) is 30.9. The van der Waals surface area contributed by atoms with Gasteiger partial charge in [0.25, 0.3) is 0 Å². The minimum absolute atomic E-state index is 0.179. The molecule has 9 rings (SSSR count). The van der Waals surface area contributed by atoms with E-state index in [1.807, 2.05) is 12.3 Å². The number of hydrogen-bond donors (Lipinski definition) is 0. The molecule has 0 amide bonds. The highest BCUT2D eigenvalue weighted by Gasteiger charge is 2.68. The SMILES string of the molecule is CN1c2ccc(-c3ccccc3)cc2C2(CCCCC3CCCC32)C12C=Nc1ccc3cc4ncccc4cc3c1O2. The van der Waals surface area contributed by atoms with Crippen molar-refractivity contribution in [2.45, 2.75) is 56.1 Å². The molecule has 2 aliphatic heterocycles. The molecule has 4 unspecified atom stereocenters. The second-order valence-corrected chi connectivity index (χ2v) is 12.9. The van der Waals surface area contributed by atoms with Crippen LogP contribution in [0.3, 0.4) is 0 Å². The van der Waals surface area contributed by atoms with E-state index < -0.39 is 5.72 Å². The van der Waals surface area contributed by atoms with Crippen LogP contribution in [0.4, 0.5) is 11.4 Å². The first kappa shape index (κ1) is 24.4. The molecule has 5 aromatic rings. The number of pyridine rings is 1. The van der Waals surface area contributed by atoms with Crippen molar-refractivity contribution in [3.8, 4) is 16.9 Å². The average Bonchev–Trinajstić information content (AvgIpc) is 3.52. The molecule has 0 saturated heterocycles. The summed E-state index contributed by atoms with van der Waals surface area (Å²) in [5, 5.41) is 3.39. The first-order chi connectivity index (χ1) is 20.7. The van der Waals surface area contributed by atoms with E-state index in [0.29, 0.717) is 5.92 Å². The zero-order chi connectivity index (χ0) is 27.9. The summed E-state index contributed by atoms with van der Waals surface area (Å²) in [6.07, 6.45) is 12.9. The van der Waals surface area contributed by atoms with Crippen LogP contribution in [0.15, 0.2) is 96.1 Å². The van der Waals surface area contributed by atoms with Gasteiger partial charge in [0.15, 0.2) is 5.75 Å². The van der Waals surface area contributed by atoms with Crippen LogP contribution in [0.25, 0.3) is 32.8 Å². The number of aromatic nitrogens is 1. The molecular formula is C38H35N3O. The molecule has 4 aliphatic rings. The zero-order valence-electron chi connectivity index (χ0n) is 24.1. The summed E-state index contributed by atoms with van der Waals surface area (Å²) >= 11 is 0. The largest absolute Gasteiger partial charge is 0.459 e. The maximum absolute atomic E-state index is 7.60. The van der Waals surface area contributed by atoms with Crippen LogP contribution in [0.1, 0.15) is 50.5 Å². The molecule has 2 fully saturated rings. The van der Waals surface area contributed by atoms with Gasteiger partial charge in [0.05, 0.1) is 17.1 Å². The lowest BCUT2D eigenvalue weighted by Gasteiger charge is -2.51. The summed E-state index contributed by atoms with van der Waals surface area (Å²) in [5.74, 6) is 2.19. The first-order valence-corrected chi connectivity index (χ1v) is 15.7. The van der Waals surface area contributed by atoms with Gasteiger partial charge in [-0.1, -0.05) is 80.6 Å². The Hall–Kier alpha value is -4.18. The molecule has 4 aromatic carbocycles. The molecule has 4 heteroatoms. The maximum atomic E-state index is 7.60. The van der Waals surface area contributed by atoms with Gasteiger partial charge in [0.1, 0.15) is 5.69 Å². The molecule has 0 radical (unpaired) electrons. The Balaban J connectivity index is 1.30. The number of hydrogen-bond acceptors (Lipinski definition) is 4. The molecule has 3 heterocycles. The fraction of sp³-hybridized carbons (Fsp3) is 0.316. The van der Waals surface area contributed by atoms with Crippen molar-refractivity contribution in [2.75, 3.05) is 11.9 Å². The third kappa shape index (κ3) is 3.18.